The number of benzene rings is 1. The summed E-state index contributed by atoms with van der Waals surface area (Å²) >= 11 is 0. The molecule has 0 aromatic heterocycles. The van der Waals surface area contributed by atoms with Gasteiger partial charge >= 0.3 is 0 Å². The lowest BCUT2D eigenvalue weighted by Crippen LogP contribution is -2.33. The maximum atomic E-state index is 13.1. The number of hydrogen-bond acceptors (Lipinski definition) is 4. The fourth-order valence-corrected chi connectivity index (χ4v) is 6.51. The van der Waals surface area contributed by atoms with Crippen LogP contribution in [0.3, 0.4) is 0 Å². The van der Waals surface area contributed by atoms with Gasteiger partial charge in [-0.15, -0.1) is 0 Å². The SMILES string of the molecule is COc1cccc2c1C[C@H]1CC(=O)C(CC[C@@H](OC3CCCCO3)C3CCCCC3)=C1C2. The number of fused-ring (bicyclic) bond motifs is 2. The summed E-state index contributed by atoms with van der Waals surface area (Å²) in [5.74, 6) is 2.31. The molecule has 4 nitrogen and oxygen atoms in total. The molecule has 32 heavy (non-hydrogen) atoms. The second kappa shape index (κ2) is 10.1. The minimum atomic E-state index is -0.0469. The van der Waals surface area contributed by atoms with Crippen LogP contribution in [0.1, 0.15) is 81.8 Å². The van der Waals surface area contributed by atoms with E-state index in [2.05, 4.69) is 12.1 Å². The van der Waals surface area contributed by atoms with E-state index < -0.39 is 0 Å². The Kier molecular flexibility index (Phi) is 6.99. The minimum absolute atomic E-state index is 0.0469. The summed E-state index contributed by atoms with van der Waals surface area (Å²) in [7, 11) is 1.74. The van der Waals surface area contributed by atoms with Crippen LogP contribution in [0.15, 0.2) is 29.3 Å². The summed E-state index contributed by atoms with van der Waals surface area (Å²) in [6.07, 6.45) is 14.3. The van der Waals surface area contributed by atoms with Crippen LogP contribution in [0, 0.1) is 11.8 Å². The molecule has 1 aromatic rings. The molecule has 0 radical (unpaired) electrons. The Balaban J connectivity index is 1.32. The molecule has 0 bridgehead atoms. The quantitative estimate of drug-likeness (QED) is 0.527. The number of hydrogen-bond donors (Lipinski definition) is 0. The zero-order valence-corrected chi connectivity index (χ0v) is 19.6. The van der Waals surface area contributed by atoms with Crippen LogP contribution in [0.5, 0.6) is 5.75 Å². The van der Waals surface area contributed by atoms with Gasteiger partial charge in [0.05, 0.1) is 13.2 Å². The number of ether oxygens (including phenoxy) is 3. The maximum Gasteiger partial charge on any atom is 0.159 e. The molecule has 4 aliphatic rings. The first-order valence-electron chi connectivity index (χ1n) is 12.9. The lowest BCUT2D eigenvalue weighted by molar-refractivity contribution is -0.201. The molecule has 4 heteroatoms. The predicted molar refractivity (Wildman–Crippen MR) is 125 cm³/mol. The van der Waals surface area contributed by atoms with Crippen LogP contribution in [0.4, 0.5) is 0 Å². The third-order valence-corrected chi connectivity index (χ3v) is 8.25. The van der Waals surface area contributed by atoms with E-state index in [-0.39, 0.29) is 12.4 Å². The van der Waals surface area contributed by atoms with Gasteiger partial charge in [0, 0.05) is 13.0 Å². The normalized spacial score (nSPS) is 27.2. The van der Waals surface area contributed by atoms with Crippen molar-refractivity contribution >= 4 is 5.78 Å². The highest BCUT2D eigenvalue weighted by Gasteiger charge is 2.37. The van der Waals surface area contributed by atoms with Crippen molar-refractivity contribution in [3.63, 3.8) is 0 Å². The van der Waals surface area contributed by atoms with Gasteiger partial charge in [-0.25, -0.2) is 0 Å². The molecule has 1 aromatic carbocycles. The first kappa shape index (κ1) is 22.2. The van der Waals surface area contributed by atoms with Crippen molar-refractivity contribution in [2.24, 2.45) is 11.8 Å². The zero-order chi connectivity index (χ0) is 21.9. The molecule has 1 heterocycles. The smallest absolute Gasteiger partial charge is 0.159 e. The van der Waals surface area contributed by atoms with Gasteiger partial charge in [0.25, 0.3) is 0 Å². The Morgan fingerprint density at radius 2 is 1.91 bits per heavy atom. The molecule has 0 N–H and O–H groups in total. The van der Waals surface area contributed by atoms with Crippen molar-refractivity contribution in [2.45, 2.75) is 95.9 Å². The van der Waals surface area contributed by atoms with E-state index in [0.29, 0.717) is 24.0 Å². The molecule has 1 aliphatic heterocycles. The number of ketones is 1. The maximum absolute atomic E-state index is 13.1. The largest absolute Gasteiger partial charge is 0.496 e. The third kappa shape index (κ3) is 4.68. The van der Waals surface area contributed by atoms with E-state index in [4.69, 9.17) is 14.2 Å². The van der Waals surface area contributed by atoms with Gasteiger partial charge in [-0.05, 0) is 92.4 Å². The van der Waals surface area contributed by atoms with Crippen molar-refractivity contribution < 1.29 is 19.0 Å². The lowest BCUT2D eigenvalue weighted by atomic mass is 9.79. The van der Waals surface area contributed by atoms with Gasteiger partial charge in [-0.2, -0.15) is 0 Å². The average molecular weight is 439 g/mol. The molecule has 2 fully saturated rings. The van der Waals surface area contributed by atoms with E-state index in [0.717, 1.165) is 56.5 Å². The standard InChI is InChI=1S/C28H38O4/c1-30-27-11-7-10-20-16-23-21(17-24(20)27)18-25(29)22(23)13-14-26(19-8-3-2-4-9-19)32-28-12-5-6-15-31-28/h7,10-11,19,21,26,28H,2-6,8-9,12-18H2,1H3/t21-,26+,28?/m0/s1. The fourth-order valence-electron chi connectivity index (χ4n) is 6.51. The molecule has 174 valence electrons. The molecule has 1 saturated carbocycles. The summed E-state index contributed by atoms with van der Waals surface area (Å²) in [6.45, 7) is 0.820. The van der Waals surface area contributed by atoms with Crippen molar-refractivity contribution in [3.05, 3.63) is 40.5 Å². The number of carbonyl (C=O) groups is 1. The molecule has 3 aliphatic carbocycles. The first-order valence-corrected chi connectivity index (χ1v) is 12.9. The molecular formula is C28H38O4. The zero-order valence-electron chi connectivity index (χ0n) is 19.6. The van der Waals surface area contributed by atoms with E-state index in [1.807, 2.05) is 6.07 Å². The van der Waals surface area contributed by atoms with Crippen LogP contribution >= 0.6 is 0 Å². The Hall–Kier alpha value is -1.65. The van der Waals surface area contributed by atoms with E-state index in [1.54, 1.807) is 7.11 Å². The number of Topliss-reactive ketones (excluding diaryl/α,β-unsaturated/α-hetero) is 1. The molecule has 1 unspecified atom stereocenters. The summed E-state index contributed by atoms with van der Waals surface area (Å²) in [6, 6.07) is 6.33. The van der Waals surface area contributed by atoms with Gasteiger partial charge in [-0.1, -0.05) is 37.0 Å². The highest BCUT2D eigenvalue weighted by Crippen LogP contribution is 2.44. The summed E-state index contributed by atoms with van der Waals surface area (Å²) < 4.78 is 18.1. The average Bonchev–Trinajstić information content (AvgIpc) is 3.14. The monoisotopic (exact) mass is 438 g/mol. The molecule has 3 atom stereocenters. The van der Waals surface area contributed by atoms with Gasteiger partial charge in [0.1, 0.15) is 5.75 Å². The number of rotatable bonds is 7. The van der Waals surface area contributed by atoms with Crippen LogP contribution in [-0.2, 0) is 27.1 Å². The summed E-state index contributed by atoms with van der Waals surface area (Å²) in [5.41, 5.74) is 5.14. The van der Waals surface area contributed by atoms with E-state index in [1.165, 1.54) is 55.2 Å². The number of allylic oxidation sites excluding steroid dienone is 2. The molecule has 1 saturated heterocycles. The summed E-state index contributed by atoms with van der Waals surface area (Å²) in [5, 5.41) is 0. The van der Waals surface area contributed by atoms with Gasteiger partial charge in [0.15, 0.2) is 12.1 Å². The van der Waals surface area contributed by atoms with Crippen LogP contribution in [0.25, 0.3) is 0 Å². The highest BCUT2D eigenvalue weighted by atomic mass is 16.7. The third-order valence-electron chi connectivity index (χ3n) is 8.25. The van der Waals surface area contributed by atoms with Crippen LogP contribution in [0.2, 0.25) is 0 Å². The van der Waals surface area contributed by atoms with Crippen molar-refractivity contribution in [2.75, 3.05) is 13.7 Å². The summed E-state index contributed by atoms with van der Waals surface area (Å²) in [4.78, 5) is 13.1. The lowest BCUT2D eigenvalue weighted by Gasteiger charge is -2.34. The first-order chi connectivity index (χ1) is 15.7. The Morgan fingerprint density at radius 1 is 1.06 bits per heavy atom. The predicted octanol–water partition coefficient (Wildman–Crippen LogP) is 5.95. The second-order valence-electron chi connectivity index (χ2n) is 10.2. The molecule has 5 rings (SSSR count). The Labute approximate surface area is 192 Å². The molecule has 0 spiro atoms. The van der Waals surface area contributed by atoms with E-state index >= 15 is 0 Å². The number of methoxy groups -OCH3 is 1. The van der Waals surface area contributed by atoms with Gasteiger partial charge < -0.3 is 14.2 Å². The van der Waals surface area contributed by atoms with Crippen molar-refractivity contribution in [1.82, 2.24) is 0 Å². The topological polar surface area (TPSA) is 44.8 Å². The number of carbonyl (C=O) groups excluding carboxylic acids is 1. The second-order valence-corrected chi connectivity index (χ2v) is 10.2. The Morgan fingerprint density at radius 3 is 2.69 bits per heavy atom. The van der Waals surface area contributed by atoms with Crippen LogP contribution < -0.4 is 4.74 Å². The highest BCUT2D eigenvalue weighted by molar-refractivity contribution is 5.99. The van der Waals surface area contributed by atoms with E-state index in [9.17, 15) is 4.79 Å². The molecular weight excluding hydrogens is 400 g/mol. The Bertz CT molecular complexity index is 845. The van der Waals surface area contributed by atoms with Gasteiger partial charge in [-0.3, -0.25) is 4.79 Å². The fraction of sp³-hybridized carbons (Fsp3) is 0.679. The minimum Gasteiger partial charge on any atom is -0.496 e. The molecule has 0 amide bonds. The van der Waals surface area contributed by atoms with Crippen molar-refractivity contribution in [1.29, 1.82) is 0 Å². The van der Waals surface area contributed by atoms with Gasteiger partial charge in [0.2, 0.25) is 0 Å². The van der Waals surface area contributed by atoms with Crippen LogP contribution in [-0.4, -0.2) is 31.9 Å². The van der Waals surface area contributed by atoms with Crippen molar-refractivity contribution in [3.8, 4) is 5.75 Å².